The standard InChI is InChI=1S/C9H10N2O2/c1-2-10-11-9(13)7-3-5-8(12)6-4-7/h2-6,12H,1H3,(H,11,13)/b10-2+. The van der Waals surface area contributed by atoms with E-state index in [9.17, 15) is 4.79 Å². The summed E-state index contributed by atoms with van der Waals surface area (Å²) in [7, 11) is 0. The van der Waals surface area contributed by atoms with Crippen LogP contribution in [0.2, 0.25) is 0 Å². The molecule has 4 nitrogen and oxygen atoms in total. The van der Waals surface area contributed by atoms with Gasteiger partial charge in [0, 0.05) is 11.8 Å². The Kier molecular flexibility index (Phi) is 3.03. The lowest BCUT2D eigenvalue weighted by Gasteiger charge is -1.98. The SMILES string of the molecule is C/C=N/NC(=O)c1ccc(O)cc1. The summed E-state index contributed by atoms with van der Waals surface area (Å²) < 4.78 is 0. The summed E-state index contributed by atoms with van der Waals surface area (Å²) in [4.78, 5) is 11.2. The van der Waals surface area contributed by atoms with E-state index in [4.69, 9.17) is 5.11 Å². The van der Waals surface area contributed by atoms with E-state index in [0.717, 1.165) is 0 Å². The smallest absolute Gasteiger partial charge is 0.271 e. The molecule has 68 valence electrons. The number of carbonyl (C=O) groups is 1. The summed E-state index contributed by atoms with van der Waals surface area (Å²) in [6.07, 6.45) is 1.48. The highest BCUT2D eigenvalue weighted by atomic mass is 16.3. The largest absolute Gasteiger partial charge is 0.508 e. The number of rotatable bonds is 2. The van der Waals surface area contributed by atoms with Gasteiger partial charge in [0.25, 0.3) is 5.91 Å². The van der Waals surface area contributed by atoms with E-state index in [0.29, 0.717) is 5.56 Å². The number of nitrogens with zero attached hydrogens (tertiary/aromatic N) is 1. The van der Waals surface area contributed by atoms with E-state index in [1.807, 2.05) is 0 Å². The van der Waals surface area contributed by atoms with Crippen molar-refractivity contribution in [3.8, 4) is 5.75 Å². The maximum Gasteiger partial charge on any atom is 0.271 e. The normalized spacial score (nSPS) is 10.2. The zero-order valence-corrected chi connectivity index (χ0v) is 7.19. The summed E-state index contributed by atoms with van der Waals surface area (Å²) in [6, 6.07) is 5.95. The number of nitrogens with one attached hydrogen (secondary N) is 1. The molecule has 0 radical (unpaired) electrons. The van der Waals surface area contributed by atoms with Crippen LogP contribution in [-0.4, -0.2) is 17.2 Å². The molecule has 0 unspecified atom stereocenters. The number of aromatic hydroxyl groups is 1. The first kappa shape index (κ1) is 9.25. The zero-order valence-electron chi connectivity index (χ0n) is 7.19. The molecule has 0 heterocycles. The van der Waals surface area contributed by atoms with Gasteiger partial charge in [-0.1, -0.05) is 0 Å². The molecule has 0 spiro atoms. The van der Waals surface area contributed by atoms with Crippen molar-refractivity contribution in [3.05, 3.63) is 29.8 Å². The van der Waals surface area contributed by atoms with Gasteiger partial charge in [-0.3, -0.25) is 4.79 Å². The molecule has 13 heavy (non-hydrogen) atoms. The van der Waals surface area contributed by atoms with Gasteiger partial charge in [0.2, 0.25) is 0 Å². The van der Waals surface area contributed by atoms with Gasteiger partial charge in [-0.05, 0) is 31.2 Å². The van der Waals surface area contributed by atoms with Crippen molar-refractivity contribution in [3.63, 3.8) is 0 Å². The van der Waals surface area contributed by atoms with Crippen LogP contribution in [0.3, 0.4) is 0 Å². The topological polar surface area (TPSA) is 61.7 Å². The molecule has 0 saturated carbocycles. The number of hydrogen-bond donors (Lipinski definition) is 2. The monoisotopic (exact) mass is 178 g/mol. The van der Waals surface area contributed by atoms with Crippen molar-refractivity contribution in [2.45, 2.75) is 6.92 Å². The molecule has 1 rings (SSSR count). The number of phenols is 1. The number of phenolic OH excluding ortho intramolecular Hbond substituents is 1. The molecule has 0 aliphatic rings. The molecule has 0 aliphatic carbocycles. The van der Waals surface area contributed by atoms with Crippen molar-refractivity contribution in [2.75, 3.05) is 0 Å². The summed E-state index contributed by atoms with van der Waals surface area (Å²) >= 11 is 0. The third-order valence-corrected chi connectivity index (χ3v) is 1.42. The van der Waals surface area contributed by atoms with E-state index in [2.05, 4.69) is 10.5 Å². The summed E-state index contributed by atoms with van der Waals surface area (Å²) in [6.45, 7) is 1.71. The van der Waals surface area contributed by atoms with Crippen LogP contribution >= 0.6 is 0 Å². The lowest BCUT2D eigenvalue weighted by molar-refractivity contribution is 0.0955. The molecule has 0 atom stereocenters. The van der Waals surface area contributed by atoms with Crippen molar-refractivity contribution in [1.82, 2.24) is 5.43 Å². The van der Waals surface area contributed by atoms with Crippen LogP contribution in [0.1, 0.15) is 17.3 Å². The average Bonchev–Trinajstić information content (AvgIpc) is 2.15. The predicted molar refractivity (Wildman–Crippen MR) is 49.7 cm³/mol. The minimum atomic E-state index is -0.293. The Balaban J connectivity index is 2.72. The van der Waals surface area contributed by atoms with E-state index in [-0.39, 0.29) is 11.7 Å². The minimum Gasteiger partial charge on any atom is -0.508 e. The first-order valence-electron chi connectivity index (χ1n) is 3.81. The second-order valence-corrected chi connectivity index (χ2v) is 2.38. The number of carbonyl (C=O) groups excluding carboxylic acids is 1. The fourth-order valence-electron chi connectivity index (χ4n) is 0.801. The second-order valence-electron chi connectivity index (χ2n) is 2.38. The van der Waals surface area contributed by atoms with Crippen molar-refractivity contribution < 1.29 is 9.90 Å². The van der Waals surface area contributed by atoms with E-state index < -0.39 is 0 Å². The Morgan fingerprint density at radius 3 is 2.62 bits per heavy atom. The fraction of sp³-hybridized carbons (Fsp3) is 0.111. The van der Waals surface area contributed by atoms with Gasteiger partial charge in [-0.25, -0.2) is 5.43 Å². The Hall–Kier alpha value is -1.84. The first-order chi connectivity index (χ1) is 6.24. The van der Waals surface area contributed by atoms with Gasteiger partial charge < -0.3 is 5.11 Å². The van der Waals surface area contributed by atoms with E-state index in [1.165, 1.54) is 30.5 Å². The first-order valence-corrected chi connectivity index (χ1v) is 3.81. The maximum absolute atomic E-state index is 11.2. The van der Waals surface area contributed by atoms with E-state index in [1.54, 1.807) is 6.92 Å². The number of hydrazone groups is 1. The van der Waals surface area contributed by atoms with Crippen LogP contribution in [-0.2, 0) is 0 Å². The van der Waals surface area contributed by atoms with E-state index >= 15 is 0 Å². The second kappa shape index (κ2) is 4.25. The minimum absolute atomic E-state index is 0.135. The quantitative estimate of drug-likeness (QED) is 0.526. The van der Waals surface area contributed by atoms with Gasteiger partial charge in [-0.2, -0.15) is 5.10 Å². The molecular weight excluding hydrogens is 168 g/mol. The molecule has 1 aromatic carbocycles. The lowest BCUT2D eigenvalue weighted by atomic mass is 10.2. The number of benzene rings is 1. The Bertz CT molecular complexity index is 317. The Morgan fingerprint density at radius 1 is 1.46 bits per heavy atom. The predicted octanol–water partition coefficient (Wildman–Crippen LogP) is 1.13. The molecule has 2 N–H and O–H groups in total. The molecule has 0 fully saturated rings. The van der Waals surface area contributed by atoms with Gasteiger partial charge in [0.05, 0.1) is 0 Å². The molecule has 0 aromatic heterocycles. The Labute approximate surface area is 75.9 Å². The van der Waals surface area contributed by atoms with Crippen LogP contribution in [0.4, 0.5) is 0 Å². The van der Waals surface area contributed by atoms with Gasteiger partial charge in [0.15, 0.2) is 0 Å². The molecular formula is C9H10N2O2. The van der Waals surface area contributed by atoms with Crippen molar-refractivity contribution in [2.24, 2.45) is 5.10 Å². The molecule has 4 heteroatoms. The lowest BCUT2D eigenvalue weighted by Crippen LogP contribution is -2.16. The number of hydrogen-bond acceptors (Lipinski definition) is 3. The van der Waals surface area contributed by atoms with Crippen molar-refractivity contribution >= 4 is 12.1 Å². The van der Waals surface area contributed by atoms with Gasteiger partial charge >= 0.3 is 0 Å². The van der Waals surface area contributed by atoms with Crippen LogP contribution in [0.15, 0.2) is 29.4 Å². The van der Waals surface area contributed by atoms with Crippen LogP contribution in [0.25, 0.3) is 0 Å². The highest BCUT2D eigenvalue weighted by molar-refractivity contribution is 5.94. The molecule has 0 bridgehead atoms. The zero-order chi connectivity index (χ0) is 9.68. The molecule has 1 amide bonds. The summed E-state index contributed by atoms with van der Waals surface area (Å²) in [5.74, 6) is -0.159. The van der Waals surface area contributed by atoms with Crippen LogP contribution < -0.4 is 5.43 Å². The molecule has 0 saturated heterocycles. The highest BCUT2D eigenvalue weighted by Crippen LogP contribution is 2.08. The molecule has 0 aliphatic heterocycles. The highest BCUT2D eigenvalue weighted by Gasteiger charge is 2.02. The maximum atomic E-state index is 11.2. The number of amides is 1. The van der Waals surface area contributed by atoms with Crippen LogP contribution in [0, 0.1) is 0 Å². The van der Waals surface area contributed by atoms with Gasteiger partial charge in [-0.15, -0.1) is 0 Å². The Morgan fingerprint density at radius 2 is 2.08 bits per heavy atom. The third kappa shape index (κ3) is 2.59. The van der Waals surface area contributed by atoms with Gasteiger partial charge in [0.1, 0.15) is 5.75 Å². The summed E-state index contributed by atoms with van der Waals surface area (Å²) in [5.41, 5.74) is 2.78. The third-order valence-electron chi connectivity index (χ3n) is 1.42. The fourth-order valence-corrected chi connectivity index (χ4v) is 0.801. The average molecular weight is 178 g/mol. The van der Waals surface area contributed by atoms with Crippen molar-refractivity contribution in [1.29, 1.82) is 0 Å². The summed E-state index contributed by atoms with van der Waals surface area (Å²) in [5, 5.41) is 12.5. The van der Waals surface area contributed by atoms with Crippen LogP contribution in [0.5, 0.6) is 5.75 Å². The molecule has 1 aromatic rings.